The van der Waals surface area contributed by atoms with E-state index in [4.69, 9.17) is 4.74 Å². The third kappa shape index (κ3) is 3.12. The van der Waals surface area contributed by atoms with Crippen molar-refractivity contribution in [1.29, 1.82) is 0 Å². The van der Waals surface area contributed by atoms with Crippen LogP contribution in [0.3, 0.4) is 0 Å². The number of aliphatic hydroxyl groups excluding tert-OH is 1. The summed E-state index contributed by atoms with van der Waals surface area (Å²) < 4.78 is 5.03. The van der Waals surface area contributed by atoms with Crippen LogP contribution < -0.4 is 0 Å². The average molecular weight is 316 g/mol. The number of rotatable bonds is 6. The molecule has 0 amide bonds. The molecule has 23 heavy (non-hydrogen) atoms. The van der Waals surface area contributed by atoms with Crippen LogP contribution in [-0.4, -0.2) is 33.7 Å². The Bertz CT molecular complexity index is 601. The number of carbonyl (C=O) groups is 1. The third-order valence-corrected chi connectivity index (χ3v) is 3.73. The largest absolute Gasteiger partial charge is 0.427 e. The Balaban J connectivity index is 2.64. The molecule has 1 unspecified atom stereocenters. The summed E-state index contributed by atoms with van der Waals surface area (Å²) in [7, 11) is 0. The molecule has 2 aromatic rings. The minimum Gasteiger partial charge on any atom is -0.427 e. The summed E-state index contributed by atoms with van der Waals surface area (Å²) >= 11 is 0. The molecule has 0 aliphatic heterocycles. The quantitative estimate of drug-likeness (QED) is 0.556. The summed E-state index contributed by atoms with van der Waals surface area (Å²) in [5, 5.41) is 31.8. The summed E-state index contributed by atoms with van der Waals surface area (Å²) in [5.74, 6) is -3.24. The van der Waals surface area contributed by atoms with Gasteiger partial charge in [0.1, 0.15) is 6.61 Å². The number of ether oxygens (including phenoxy) is 1. The van der Waals surface area contributed by atoms with E-state index in [-0.39, 0.29) is 6.42 Å². The zero-order valence-electron chi connectivity index (χ0n) is 12.8. The highest BCUT2D eigenvalue weighted by Gasteiger charge is 2.55. The van der Waals surface area contributed by atoms with Gasteiger partial charge in [0.05, 0.1) is 0 Å². The Labute approximate surface area is 134 Å². The summed E-state index contributed by atoms with van der Waals surface area (Å²) in [5.41, 5.74) is -1.52. The second kappa shape index (κ2) is 6.91. The number of aliphatic hydroxyl groups is 3. The fourth-order valence-electron chi connectivity index (χ4n) is 2.46. The zero-order valence-corrected chi connectivity index (χ0v) is 12.8. The van der Waals surface area contributed by atoms with Gasteiger partial charge >= 0.3 is 5.97 Å². The van der Waals surface area contributed by atoms with Gasteiger partial charge in [0.2, 0.25) is 0 Å². The molecule has 0 aliphatic carbocycles. The summed E-state index contributed by atoms with van der Waals surface area (Å²) in [6, 6.07) is 16.6. The van der Waals surface area contributed by atoms with E-state index in [1.54, 1.807) is 67.6 Å². The van der Waals surface area contributed by atoms with Gasteiger partial charge in [-0.15, -0.1) is 0 Å². The lowest BCUT2D eigenvalue weighted by Gasteiger charge is -2.41. The van der Waals surface area contributed by atoms with E-state index in [9.17, 15) is 20.1 Å². The molecule has 2 rings (SSSR count). The maximum absolute atomic E-state index is 11.7. The van der Waals surface area contributed by atoms with Crippen LogP contribution in [0, 0.1) is 0 Å². The Hall–Kier alpha value is -2.21. The standard InChI is InChI=1S/C18H20O5/c1-2-16(20)23-17(21,13-19)18(22,14-9-5-3-6-10-14)15-11-7-4-8-12-15/h3-12,19,21-22H,2,13H2,1H3. The van der Waals surface area contributed by atoms with Gasteiger partial charge in [-0.3, -0.25) is 4.79 Å². The summed E-state index contributed by atoms with van der Waals surface area (Å²) in [6.07, 6.45) is 0.00195. The van der Waals surface area contributed by atoms with Crippen molar-refractivity contribution in [2.24, 2.45) is 0 Å². The van der Waals surface area contributed by atoms with Crippen LogP contribution in [0.25, 0.3) is 0 Å². The van der Waals surface area contributed by atoms with Gasteiger partial charge in [0.25, 0.3) is 5.79 Å². The van der Waals surface area contributed by atoms with E-state index in [0.29, 0.717) is 11.1 Å². The van der Waals surface area contributed by atoms with Gasteiger partial charge in [-0.1, -0.05) is 67.6 Å². The van der Waals surface area contributed by atoms with E-state index in [1.807, 2.05) is 0 Å². The molecule has 0 aliphatic rings. The predicted molar refractivity (Wildman–Crippen MR) is 84.3 cm³/mol. The molecule has 0 saturated heterocycles. The average Bonchev–Trinajstić information content (AvgIpc) is 2.62. The molecule has 5 nitrogen and oxygen atoms in total. The molecule has 0 heterocycles. The van der Waals surface area contributed by atoms with E-state index in [2.05, 4.69) is 0 Å². The first-order valence-corrected chi connectivity index (χ1v) is 7.36. The van der Waals surface area contributed by atoms with Gasteiger partial charge < -0.3 is 20.1 Å². The van der Waals surface area contributed by atoms with Crippen LogP contribution in [0.15, 0.2) is 60.7 Å². The Morgan fingerprint density at radius 2 is 1.39 bits per heavy atom. The number of hydrogen-bond acceptors (Lipinski definition) is 5. The molecule has 0 radical (unpaired) electrons. The lowest BCUT2D eigenvalue weighted by molar-refractivity contribution is -0.291. The zero-order chi connectivity index (χ0) is 16.9. The maximum Gasteiger partial charge on any atom is 0.308 e. The summed E-state index contributed by atoms with van der Waals surface area (Å²) in [6.45, 7) is 0.600. The highest BCUT2D eigenvalue weighted by atomic mass is 16.7. The highest BCUT2D eigenvalue weighted by Crippen LogP contribution is 2.40. The fourth-order valence-corrected chi connectivity index (χ4v) is 2.46. The van der Waals surface area contributed by atoms with Crippen LogP contribution >= 0.6 is 0 Å². The number of benzene rings is 2. The van der Waals surface area contributed by atoms with Crippen molar-refractivity contribution < 1.29 is 24.9 Å². The molecular formula is C18H20O5. The molecule has 122 valence electrons. The van der Waals surface area contributed by atoms with E-state index in [1.165, 1.54) is 0 Å². The lowest BCUT2D eigenvalue weighted by Crippen LogP contribution is -2.58. The van der Waals surface area contributed by atoms with Crippen LogP contribution in [-0.2, 0) is 15.1 Å². The van der Waals surface area contributed by atoms with Gasteiger partial charge in [-0.25, -0.2) is 0 Å². The minimum atomic E-state index is -2.51. The lowest BCUT2D eigenvalue weighted by atomic mass is 9.79. The fraction of sp³-hybridized carbons (Fsp3) is 0.278. The molecule has 0 aromatic heterocycles. The van der Waals surface area contributed by atoms with Gasteiger partial charge in [-0.2, -0.15) is 0 Å². The Morgan fingerprint density at radius 1 is 0.957 bits per heavy atom. The molecule has 0 saturated carbocycles. The molecule has 0 spiro atoms. The van der Waals surface area contributed by atoms with Crippen LogP contribution in [0.4, 0.5) is 0 Å². The predicted octanol–water partition coefficient (Wildman–Crippen LogP) is 1.56. The molecule has 3 N–H and O–H groups in total. The minimum absolute atomic E-state index is 0.00195. The van der Waals surface area contributed by atoms with Crippen molar-refractivity contribution in [2.45, 2.75) is 24.7 Å². The molecule has 1 atom stereocenters. The molecule has 2 aromatic carbocycles. The van der Waals surface area contributed by atoms with Gasteiger partial charge in [0.15, 0.2) is 5.60 Å². The van der Waals surface area contributed by atoms with Crippen molar-refractivity contribution >= 4 is 5.97 Å². The highest BCUT2D eigenvalue weighted by molar-refractivity contribution is 5.69. The maximum atomic E-state index is 11.7. The topological polar surface area (TPSA) is 87.0 Å². The number of esters is 1. The van der Waals surface area contributed by atoms with Crippen molar-refractivity contribution in [2.75, 3.05) is 6.61 Å². The molecular weight excluding hydrogens is 296 g/mol. The second-order valence-corrected chi connectivity index (χ2v) is 5.21. The van der Waals surface area contributed by atoms with Crippen LogP contribution in [0.1, 0.15) is 24.5 Å². The first kappa shape index (κ1) is 17.1. The van der Waals surface area contributed by atoms with Crippen molar-refractivity contribution in [3.05, 3.63) is 71.8 Å². The molecule has 0 fully saturated rings. The monoisotopic (exact) mass is 316 g/mol. The van der Waals surface area contributed by atoms with Crippen molar-refractivity contribution in [3.63, 3.8) is 0 Å². The molecule has 0 bridgehead atoms. The van der Waals surface area contributed by atoms with Crippen molar-refractivity contribution in [3.8, 4) is 0 Å². The van der Waals surface area contributed by atoms with Crippen LogP contribution in [0.5, 0.6) is 0 Å². The summed E-state index contributed by atoms with van der Waals surface area (Å²) in [4.78, 5) is 11.7. The second-order valence-electron chi connectivity index (χ2n) is 5.21. The van der Waals surface area contributed by atoms with Crippen LogP contribution in [0.2, 0.25) is 0 Å². The smallest absolute Gasteiger partial charge is 0.308 e. The van der Waals surface area contributed by atoms with E-state index in [0.717, 1.165) is 0 Å². The third-order valence-electron chi connectivity index (χ3n) is 3.73. The van der Waals surface area contributed by atoms with E-state index >= 15 is 0 Å². The van der Waals surface area contributed by atoms with Gasteiger partial charge in [0, 0.05) is 6.42 Å². The first-order chi connectivity index (χ1) is 11.0. The Kier molecular flexibility index (Phi) is 5.15. The molecule has 5 heteroatoms. The number of carbonyl (C=O) groups excluding carboxylic acids is 1. The number of hydrogen-bond donors (Lipinski definition) is 3. The van der Waals surface area contributed by atoms with E-state index < -0.39 is 24.0 Å². The normalized spacial score (nSPS) is 14.1. The first-order valence-electron chi connectivity index (χ1n) is 7.36. The Morgan fingerprint density at radius 3 is 1.74 bits per heavy atom. The van der Waals surface area contributed by atoms with Gasteiger partial charge in [-0.05, 0) is 11.1 Å². The SMILES string of the molecule is CCC(=O)OC(O)(CO)C(O)(c1ccccc1)c1ccccc1. The van der Waals surface area contributed by atoms with Crippen molar-refractivity contribution in [1.82, 2.24) is 0 Å².